The van der Waals surface area contributed by atoms with Crippen molar-refractivity contribution >= 4 is 17.8 Å². The average Bonchev–Trinajstić information content (AvgIpc) is 2.72. The number of aliphatic carboxylic acids is 1. The summed E-state index contributed by atoms with van der Waals surface area (Å²) in [5.41, 5.74) is 7.72. The van der Waals surface area contributed by atoms with E-state index in [1.54, 1.807) is 38.1 Å². The van der Waals surface area contributed by atoms with Gasteiger partial charge in [-0.15, -0.1) is 0 Å². The summed E-state index contributed by atoms with van der Waals surface area (Å²) in [5, 5.41) is 14.7. The first kappa shape index (κ1) is 23.1. The molecule has 3 atom stereocenters. The van der Waals surface area contributed by atoms with E-state index in [4.69, 9.17) is 5.73 Å². The second-order valence-electron chi connectivity index (χ2n) is 7.62. The number of benzene rings is 2. The van der Waals surface area contributed by atoms with E-state index in [9.17, 15) is 19.5 Å². The van der Waals surface area contributed by atoms with Crippen LogP contribution in [0.1, 0.15) is 25.0 Å². The van der Waals surface area contributed by atoms with Gasteiger partial charge < -0.3 is 21.5 Å². The molecule has 5 N–H and O–H groups in total. The van der Waals surface area contributed by atoms with Crippen LogP contribution in [0.2, 0.25) is 0 Å². The molecule has 0 aliphatic carbocycles. The number of rotatable bonds is 10. The summed E-state index contributed by atoms with van der Waals surface area (Å²) in [7, 11) is 0. The van der Waals surface area contributed by atoms with E-state index >= 15 is 0 Å². The van der Waals surface area contributed by atoms with E-state index in [1.165, 1.54) is 0 Å². The minimum absolute atomic E-state index is 0.147. The van der Waals surface area contributed by atoms with E-state index in [0.29, 0.717) is 6.42 Å². The van der Waals surface area contributed by atoms with Crippen LogP contribution in [0.25, 0.3) is 0 Å². The van der Waals surface area contributed by atoms with Gasteiger partial charge in [0.05, 0.1) is 6.04 Å². The monoisotopic (exact) mass is 411 g/mol. The molecule has 0 fully saturated rings. The van der Waals surface area contributed by atoms with Gasteiger partial charge in [-0.05, 0) is 23.5 Å². The molecule has 0 aliphatic rings. The Morgan fingerprint density at radius 1 is 0.833 bits per heavy atom. The number of nitrogens with two attached hydrogens (primary N) is 1. The average molecular weight is 412 g/mol. The number of carbonyl (C=O) groups excluding carboxylic acids is 2. The number of carboxylic acid groups (broad SMARTS) is 1. The number of nitrogens with one attached hydrogen (secondary N) is 2. The highest BCUT2D eigenvalue weighted by atomic mass is 16.4. The summed E-state index contributed by atoms with van der Waals surface area (Å²) in [6, 6.07) is 15.6. The molecule has 0 saturated carbocycles. The molecule has 7 nitrogen and oxygen atoms in total. The van der Waals surface area contributed by atoms with Crippen molar-refractivity contribution < 1.29 is 19.5 Å². The summed E-state index contributed by atoms with van der Waals surface area (Å²) in [6.45, 7) is 3.56. The van der Waals surface area contributed by atoms with E-state index in [2.05, 4.69) is 10.6 Å². The lowest BCUT2D eigenvalue weighted by atomic mass is 10.00. The Kier molecular flexibility index (Phi) is 8.55. The lowest BCUT2D eigenvalue weighted by Gasteiger charge is -2.25. The number of carboxylic acids is 1. The summed E-state index contributed by atoms with van der Waals surface area (Å²) < 4.78 is 0. The lowest BCUT2D eigenvalue weighted by molar-refractivity contribution is -0.142. The molecule has 7 heteroatoms. The first-order chi connectivity index (χ1) is 14.3. The van der Waals surface area contributed by atoms with Crippen molar-refractivity contribution in [2.75, 3.05) is 0 Å². The van der Waals surface area contributed by atoms with Gasteiger partial charge in [-0.25, -0.2) is 4.79 Å². The first-order valence-electron chi connectivity index (χ1n) is 9.95. The van der Waals surface area contributed by atoms with Crippen LogP contribution in [0, 0.1) is 5.92 Å². The molecule has 160 valence electrons. The van der Waals surface area contributed by atoms with Crippen molar-refractivity contribution in [1.29, 1.82) is 0 Å². The van der Waals surface area contributed by atoms with Gasteiger partial charge in [0.2, 0.25) is 11.8 Å². The third kappa shape index (κ3) is 7.00. The van der Waals surface area contributed by atoms with Crippen LogP contribution in [-0.4, -0.2) is 41.0 Å². The van der Waals surface area contributed by atoms with Crippen molar-refractivity contribution in [3.05, 3.63) is 71.8 Å². The van der Waals surface area contributed by atoms with Crippen molar-refractivity contribution in [3.8, 4) is 0 Å². The van der Waals surface area contributed by atoms with Crippen molar-refractivity contribution in [3.63, 3.8) is 0 Å². The number of carbonyl (C=O) groups is 3. The van der Waals surface area contributed by atoms with Crippen molar-refractivity contribution in [2.45, 2.75) is 44.8 Å². The zero-order chi connectivity index (χ0) is 22.1. The molecule has 0 bridgehead atoms. The van der Waals surface area contributed by atoms with Crippen LogP contribution < -0.4 is 16.4 Å². The van der Waals surface area contributed by atoms with Crippen LogP contribution in [0.4, 0.5) is 0 Å². The largest absolute Gasteiger partial charge is 0.480 e. The highest BCUT2D eigenvalue weighted by molar-refractivity contribution is 5.92. The SMILES string of the molecule is CC(C)[C@H](NC(=O)[C@@H](N)Cc1ccccc1)C(=O)N[C@@H](Cc1ccccc1)C(=O)O. The van der Waals surface area contributed by atoms with Crippen molar-refractivity contribution in [2.24, 2.45) is 11.7 Å². The molecule has 2 amide bonds. The molecule has 0 spiro atoms. The van der Waals surface area contributed by atoms with E-state index in [0.717, 1.165) is 11.1 Å². The second-order valence-corrected chi connectivity index (χ2v) is 7.62. The van der Waals surface area contributed by atoms with E-state index < -0.39 is 35.9 Å². The van der Waals surface area contributed by atoms with Crippen LogP contribution in [0.3, 0.4) is 0 Å². The summed E-state index contributed by atoms with van der Waals surface area (Å²) in [5.74, 6) is -2.39. The summed E-state index contributed by atoms with van der Waals surface area (Å²) in [4.78, 5) is 37.0. The van der Waals surface area contributed by atoms with Gasteiger partial charge in [0.1, 0.15) is 12.1 Å². The lowest BCUT2D eigenvalue weighted by Crippen LogP contribution is -2.56. The quantitative estimate of drug-likeness (QED) is 0.472. The highest BCUT2D eigenvalue weighted by Crippen LogP contribution is 2.08. The Bertz CT molecular complexity index is 840. The molecule has 0 unspecified atom stereocenters. The van der Waals surface area contributed by atoms with Gasteiger partial charge in [0.15, 0.2) is 0 Å². The predicted octanol–water partition coefficient (Wildman–Crippen LogP) is 1.51. The fraction of sp³-hybridized carbons (Fsp3) is 0.348. The maximum atomic E-state index is 12.8. The first-order valence-corrected chi connectivity index (χ1v) is 9.95. The van der Waals surface area contributed by atoms with Gasteiger partial charge in [0.25, 0.3) is 0 Å². The summed E-state index contributed by atoms with van der Waals surface area (Å²) in [6.07, 6.45) is 0.485. The van der Waals surface area contributed by atoms with Crippen LogP contribution in [0.5, 0.6) is 0 Å². The zero-order valence-electron chi connectivity index (χ0n) is 17.2. The highest BCUT2D eigenvalue weighted by Gasteiger charge is 2.30. The normalized spacial score (nSPS) is 13.9. The third-order valence-corrected chi connectivity index (χ3v) is 4.78. The number of hydrogen-bond donors (Lipinski definition) is 4. The molecule has 0 saturated heterocycles. The number of hydrogen-bond acceptors (Lipinski definition) is 4. The summed E-state index contributed by atoms with van der Waals surface area (Å²) >= 11 is 0. The molecule has 2 aromatic carbocycles. The van der Waals surface area contributed by atoms with Gasteiger partial charge >= 0.3 is 5.97 Å². The van der Waals surface area contributed by atoms with Gasteiger partial charge in [0, 0.05) is 6.42 Å². The van der Waals surface area contributed by atoms with Crippen LogP contribution in [0.15, 0.2) is 60.7 Å². The van der Waals surface area contributed by atoms with Gasteiger partial charge in [-0.2, -0.15) is 0 Å². The molecule has 0 heterocycles. The molecule has 2 rings (SSSR count). The standard InChI is InChI=1S/C23H29N3O4/c1-15(2)20(26-21(27)18(24)13-16-9-5-3-6-10-16)22(28)25-19(23(29)30)14-17-11-7-4-8-12-17/h3-12,15,18-20H,13-14,24H2,1-2H3,(H,25,28)(H,26,27)(H,29,30)/t18-,19-,20-/m0/s1. The van der Waals surface area contributed by atoms with Crippen molar-refractivity contribution in [1.82, 2.24) is 10.6 Å². The Morgan fingerprint density at radius 2 is 1.33 bits per heavy atom. The minimum Gasteiger partial charge on any atom is -0.480 e. The van der Waals surface area contributed by atoms with Gasteiger partial charge in [-0.3, -0.25) is 9.59 Å². The Balaban J connectivity index is 2.01. The minimum atomic E-state index is -1.14. The van der Waals surface area contributed by atoms with Crippen LogP contribution in [-0.2, 0) is 27.2 Å². The van der Waals surface area contributed by atoms with Crippen LogP contribution >= 0.6 is 0 Å². The maximum absolute atomic E-state index is 12.8. The smallest absolute Gasteiger partial charge is 0.326 e. The second kappa shape index (κ2) is 11.1. The Morgan fingerprint density at radius 3 is 1.80 bits per heavy atom. The predicted molar refractivity (Wildman–Crippen MR) is 115 cm³/mol. The Hall–Kier alpha value is -3.19. The number of amides is 2. The third-order valence-electron chi connectivity index (χ3n) is 4.78. The zero-order valence-corrected chi connectivity index (χ0v) is 17.2. The molecule has 0 aromatic heterocycles. The molecule has 0 aliphatic heterocycles. The van der Waals surface area contributed by atoms with Gasteiger partial charge in [-0.1, -0.05) is 74.5 Å². The molecular weight excluding hydrogens is 382 g/mol. The molecular formula is C23H29N3O4. The fourth-order valence-electron chi connectivity index (χ4n) is 3.07. The van der Waals surface area contributed by atoms with E-state index in [1.807, 2.05) is 36.4 Å². The maximum Gasteiger partial charge on any atom is 0.326 e. The Labute approximate surface area is 176 Å². The van der Waals surface area contributed by atoms with E-state index in [-0.39, 0.29) is 12.3 Å². The fourth-order valence-corrected chi connectivity index (χ4v) is 3.07. The molecule has 2 aromatic rings. The topological polar surface area (TPSA) is 122 Å². The molecule has 0 radical (unpaired) electrons. The molecule has 30 heavy (non-hydrogen) atoms.